The zero-order valence-electron chi connectivity index (χ0n) is 12.0. The maximum atomic E-state index is 6.15. The van der Waals surface area contributed by atoms with Crippen LogP contribution in [0.4, 0.5) is 0 Å². The van der Waals surface area contributed by atoms with Gasteiger partial charge in [0.15, 0.2) is 0 Å². The molecule has 0 spiro atoms. The summed E-state index contributed by atoms with van der Waals surface area (Å²) >= 11 is 0. The highest BCUT2D eigenvalue weighted by atomic mass is 16.5. The first-order valence-corrected chi connectivity index (χ1v) is 6.84. The molecule has 0 aliphatic heterocycles. The van der Waals surface area contributed by atoms with Crippen LogP contribution in [0.5, 0.6) is 0 Å². The van der Waals surface area contributed by atoms with Crippen LogP contribution in [0.3, 0.4) is 0 Å². The Morgan fingerprint density at radius 1 is 1.26 bits per heavy atom. The third-order valence-corrected chi connectivity index (χ3v) is 3.47. The van der Waals surface area contributed by atoms with Gasteiger partial charge in [0.25, 0.3) is 0 Å². The monoisotopic (exact) mass is 254 g/mol. The number of hydrogen-bond acceptors (Lipinski definition) is 1. The van der Waals surface area contributed by atoms with E-state index in [-0.39, 0.29) is 6.10 Å². The fraction of sp³-hybridized carbons (Fsp3) is 0.333. The molecule has 2 atom stereocenters. The summed E-state index contributed by atoms with van der Waals surface area (Å²) in [6, 6.07) is 8.55. The summed E-state index contributed by atoms with van der Waals surface area (Å²) in [4.78, 5) is 0. The van der Waals surface area contributed by atoms with Gasteiger partial charge in [0, 0.05) is 5.92 Å². The summed E-state index contributed by atoms with van der Waals surface area (Å²) in [5, 5.41) is 0. The first-order chi connectivity index (χ1) is 9.11. The van der Waals surface area contributed by atoms with Crippen LogP contribution >= 0.6 is 0 Å². The zero-order chi connectivity index (χ0) is 13.8. The van der Waals surface area contributed by atoms with Crippen molar-refractivity contribution in [2.24, 2.45) is 5.92 Å². The van der Waals surface area contributed by atoms with Gasteiger partial charge in [0.1, 0.15) is 11.9 Å². The lowest BCUT2D eigenvalue weighted by Gasteiger charge is -2.19. The molecule has 0 saturated carbocycles. The molecule has 0 fully saturated rings. The molecule has 1 aromatic carbocycles. The van der Waals surface area contributed by atoms with Crippen LogP contribution < -0.4 is 0 Å². The van der Waals surface area contributed by atoms with E-state index in [2.05, 4.69) is 57.7 Å². The second kappa shape index (κ2) is 5.92. The topological polar surface area (TPSA) is 9.23 Å². The molecular weight excluding hydrogens is 232 g/mol. The van der Waals surface area contributed by atoms with Gasteiger partial charge in [0.05, 0.1) is 0 Å². The molecule has 0 heterocycles. The lowest BCUT2D eigenvalue weighted by Crippen LogP contribution is -2.07. The molecule has 1 aliphatic carbocycles. The van der Waals surface area contributed by atoms with Gasteiger partial charge in [-0.15, -0.1) is 0 Å². The van der Waals surface area contributed by atoms with Gasteiger partial charge in [0.2, 0.25) is 0 Å². The largest absolute Gasteiger partial charge is 0.485 e. The normalized spacial score (nSPS) is 21.7. The van der Waals surface area contributed by atoms with E-state index >= 15 is 0 Å². The summed E-state index contributed by atoms with van der Waals surface area (Å²) in [6.07, 6.45) is 7.07. The molecule has 19 heavy (non-hydrogen) atoms. The average molecular weight is 254 g/mol. The van der Waals surface area contributed by atoms with Crippen LogP contribution in [0.25, 0.3) is 0 Å². The van der Waals surface area contributed by atoms with Crippen molar-refractivity contribution in [2.75, 3.05) is 0 Å². The second-order valence-electron chi connectivity index (χ2n) is 5.44. The van der Waals surface area contributed by atoms with Crippen molar-refractivity contribution < 1.29 is 4.74 Å². The van der Waals surface area contributed by atoms with E-state index in [4.69, 9.17) is 4.74 Å². The summed E-state index contributed by atoms with van der Waals surface area (Å²) in [5.74, 6) is 1.35. The van der Waals surface area contributed by atoms with Crippen molar-refractivity contribution in [3.05, 3.63) is 71.5 Å². The molecule has 0 N–H and O–H groups in total. The van der Waals surface area contributed by atoms with E-state index < -0.39 is 0 Å². The van der Waals surface area contributed by atoms with Crippen LogP contribution in [-0.4, -0.2) is 0 Å². The fourth-order valence-corrected chi connectivity index (χ4v) is 2.49. The van der Waals surface area contributed by atoms with Crippen molar-refractivity contribution in [1.29, 1.82) is 0 Å². The molecule has 0 aromatic heterocycles. The first kappa shape index (κ1) is 13.7. The second-order valence-corrected chi connectivity index (χ2v) is 5.44. The zero-order valence-corrected chi connectivity index (χ0v) is 12.0. The molecule has 1 unspecified atom stereocenters. The van der Waals surface area contributed by atoms with E-state index in [0.717, 1.165) is 12.2 Å². The molecule has 1 aromatic rings. The Kier molecular flexibility index (Phi) is 4.26. The van der Waals surface area contributed by atoms with Gasteiger partial charge < -0.3 is 4.74 Å². The average Bonchev–Trinajstić information content (AvgIpc) is 2.70. The van der Waals surface area contributed by atoms with E-state index in [1.54, 1.807) is 6.08 Å². The highest BCUT2D eigenvalue weighted by Gasteiger charge is 2.30. The highest BCUT2D eigenvalue weighted by Crippen LogP contribution is 2.39. The smallest absolute Gasteiger partial charge is 0.127 e. The summed E-state index contributed by atoms with van der Waals surface area (Å²) in [5.41, 5.74) is 3.98. The van der Waals surface area contributed by atoms with Crippen molar-refractivity contribution in [3.63, 3.8) is 0 Å². The lowest BCUT2D eigenvalue weighted by molar-refractivity contribution is 0.0898. The molecule has 0 amide bonds. The standard InChI is InChI=1S/C18H22O/c1-5-16(11-10-13(2)3)19-18-14(4)12-15-8-6-7-9-17(15)18/h5-11,14,18H,1,12H2,2-4H3/b16-11+/t14-,18?/m1/s1. The first-order valence-electron chi connectivity index (χ1n) is 6.84. The Morgan fingerprint density at radius 2 is 2.00 bits per heavy atom. The fourth-order valence-electron chi connectivity index (χ4n) is 2.49. The Labute approximate surface area is 116 Å². The number of benzene rings is 1. The predicted octanol–water partition coefficient (Wildman–Crippen LogP) is 4.97. The Morgan fingerprint density at radius 3 is 2.68 bits per heavy atom. The SMILES string of the molecule is C=C/C(=C\C=C(C)C)OC1c2ccccc2C[C@H]1C. The maximum absolute atomic E-state index is 6.15. The van der Waals surface area contributed by atoms with Crippen LogP contribution in [0.1, 0.15) is 38.0 Å². The van der Waals surface area contributed by atoms with E-state index in [1.165, 1.54) is 16.7 Å². The molecule has 0 radical (unpaired) electrons. The number of hydrogen-bond donors (Lipinski definition) is 0. The number of ether oxygens (including phenoxy) is 1. The van der Waals surface area contributed by atoms with Crippen LogP contribution in [0.15, 0.2) is 60.4 Å². The minimum atomic E-state index is 0.144. The molecule has 1 nitrogen and oxygen atoms in total. The van der Waals surface area contributed by atoms with Crippen molar-refractivity contribution in [3.8, 4) is 0 Å². The van der Waals surface area contributed by atoms with Gasteiger partial charge >= 0.3 is 0 Å². The highest BCUT2D eigenvalue weighted by molar-refractivity contribution is 5.35. The molecule has 2 rings (SSSR count). The predicted molar refractivity (Wildman–Crippen MR) is 80.8 cm³/mol. The summed E-state index contributed by atoms with van der Waals surface area (Å²) in [6.45, 7) is 10.2. The summed E-state index contributed by atoms with van der Waals surface area (Å²) < 4.78 is 6.15. The number of rotatable bonds is 4. The van der Waals surface area contributed by atoms with Crippen molar-refractivity contribution >= 4 is 0 Å². The summed E-state index contributed by atoms with van der Waals surface area (Å²) in [7, 11) is 0. The third-order valence-electron chi connectivity index (χ3n) is 3.47. The van der Waals surface area contributed by atoms with Crippen LogP contribution in [0, 0.1) is 5.92 Å². The number of allylic oxidation sites excluding steroid dienone is 4. The molecular formula is C18H22O. The lowest BCUT2D eigenvalue weighted by atomic mass is 10.1. The third kappa shape index (κ3) is 3.17. The van der Waals surface area contributed by atoms with Gasteiger partial charge in [-0.3, -0.25) is 0 Å². The van der Waals surface area contributed by atoms with Crippen molar-refractivity contribution in [2.45, 2.75) is 33.3 Å². The molecule has 0 bridgehead atoms. The van der Waals surface area contributed by atoms with Gasteiger partial charge in [-0.1, -0.05) is 49.4 Å². The number of fused-ring (bicyclic) bond motifs is 1. The van der Waals surface area contributed by atoms with Crippen LogP contribution in [-0.2, 0) is 11.2 Å². The van der Waals surface area contributed by atoms with E-state index in [9.17, 15) is 0 Å². The minimum absolute atomic E-state index is 0.144. The molecule has 1 heteroatoms. The Bertz CT molecular complexity index is 518. The molecule has 0 saturated heterocycles. The molecule has 100 valence electrons. The van der Waals surface area contributed by atoms with Crippen LogP contribution in [0.2, 0.25) is 0 Å². The van der Waals surface area contributed by atoms with Gasteiger partial charge in [-0.05, 0) is 43.5 Å². The van der Waals surface area contributed by atoms with Gasteiger partial charge in [-0.25, -0.2) is 0 Å². The maximum Gasteiger partial charge on any atom is 0.127 e. The van der Waals surface area contributed by atoms with E-state index in [1.807, 2.05) is 6.08 Å². The molecule has 1 aliphatic rings. The van der Waals surface area contributed by atoms with E-state index in [0.29, 0.717) is 5.92 Å². The van der Waals surface area contributed by atoms with Gasteiger partial charge in [-0.2, -0.15) is 0 Å². The van der Waals surface area contributed by atoms with Crippen molar-refractivity contribution in [1.82, 2.24) is 0 Å². The Hall–Kier alpha value is -1.76. The minimum Gasteiger partial charge on any atom is -0.485 e. The quantitative estimate of drug-likeness (QED) is 0.544. The Balaban J connectivity index is 2.21.